The van der Waals surface area contributed by atoms with Gasteiger partial charge in [0.15, 0.2) is 5.65 Å². The molecule has 1 atom stereocenters. The van der Waals surface area contributed by atoms with E-state index in [0.717, 1.165) is 55.8 Å². The van der Waals surface area contributed by atoms with Crippen molar-refractivity contribution in [2.24, 2.45) is 5.92 Å². The molecule has 5 rings (SSSR count). The van der Waals surface area contributed by atoms with Crippen molar-refractivity contribution in [2.45, 2.75) is 31.6 Å². The summed E-state index contributed by atoms with van der Waals surface area (Å²) in [5, 5.41) is 12.0. The molecule has 2 aliphatic rings. The molecule has 0 radical (unpaired) electrons. The van der Waals surface area contributed by atoms with Crippen molar-refractivity contribution in [3.8, 4) is 0 Å². The van der Waals surface area contributed by atoms with Gasteiger partial charge in [-0.1, -0.05) is 12.1 Å². The minimum atomic E-state index is -0.432. The molecule has 8 heteroatoms. The number of piperidine rings is 1. The molecule has 31 heavy (non-hydrogen) atoms. The van der Waals surface area contributed by atoms with Crippen molar-refractivity contribution >= 4 is 24.0 Å². The topological polar surface area (TPSA) is 62.5 Å². The smallest absolute Gasteiger partial charge is 0.256 e. The standard InChI is InChI=1S/C23H26FN5O.ClH/c24-20-5-4-16(13-17-6-9-25-15-17)14-19(20)23(30)28-11-7-18(8-12-28)22-27-26-21-3-1-2-10-29(21)22;/h1-5,10,14,17-18,25H,6-9,11-13,15H2;1H. The van der Waals surface area contributed by atoms with Crippen molar-refractivity contribution in [1.82, 2.24) is 24.8 Å². The van der Waals surface area contributed by atoms with Gasteiger partial charge in [-0.25, -0.2) is 4.39 Å². The van der Waals surface area contributed by atoms with Crippen LogP contribution in [0.15, 0.2) is 42.6 Å². The first-order chi connectivity index (χ1) is 14.7. The maximum atomic E-state index is 14.5. The van der Waals surface area contributed by atoms with E-state index in [1.165, 1.54) is 6.07 Å². The lowest BCUT2D eigenvalue weighted by molar-refractivity contribution is 0.0706. The number of rotatable bonds is 4. The van der Waals surface area contributed by atoms with E-state index in [4.69, 9.17) is 0 Å². The molecule has 0 aliphatic carbocycles. The molecule has 1 N–H and O–H groups in total. The highest BCUT2D eigenvalue weighted by Gasteiger charge is 2.28. The van der Waals surface area contributed by atoms with Gasteiger partial charge in [0.25, 0.3) is 5.91 Å². The Labute approximate surface area is 187 Å². The lowest BCUT2D eigenvalue weighted by Gasteiger charge is -2.31. The molecule has 4 heterocycles. The zero-order valence-electron chi connectivity index (χ0n) is 17.3. The summed E-state index contributed by atoms with van der Waals surface area (Å²) in [7, 11) is 0. The first-order valence-electron chi connectivity index (χ1n) is 10.8. The number of likely N-dealkylation sites (tertiary alicyclic amines) is 1. The molecule has 2 fully saturated rings. The highest BCUT2D eigenvalue weighted by Crippen LogP contribution is 2.28. The van der Waals surface area contributed by atoms with Gasteiger partial charge in [0.05, 0.1) is 5.56 Å². The zero-order valence-corrected chi connectivity index (χ0v) is 18.2. The number of benzene rings is 1. The normalized spacial score (nSPS) is 19.5. The maximum Gasteiger partial charge on any atom is 0.256 e. The predicted molar refractivity (Wildman–Crippen MR) is 119 cm³/mol. The van der Waals surface area contributed by atoms with E-state index in [0.29, 0.717) is 19.0 Å². The molecule has 0 bridgehead atoms. The Kier molecular flexibility index (Phi) is 6.53. The van der Waals surface area contributed by atoms with Crippen LogP contribution in [0.1, 0.15) is 46.9 Å². The van der Waals surface area contributed by atoms with Crippen molar-refractivity contribution in [2.75, 3.05) is 26.2 Å². The van der Waals surface area contributed by atoms with E-state index in [9.17, 15) is 9.18 Å². The Morgan fingerprint density at radius 2 is 1.97 bits per heavy atom. The van der Waals surface area contributed by atoms with Crippen molar-refractivity contribution in [3.63, 3.8) is 0 Å². The van der Waals surface area contributed by atoms with Gasteiger partial charge in [-0.3, -0.25) is 9.20 Å². The van der Waals surface area contributed by atoms with Crippen LogP contribution in [0.5, 0.6) is 0 Å². The SMILES string of the molecule is Cl.O=C(c1cc(CC2CCNC2)ccc1F)N1CCC(c2nnc3ccccn23)CC1. The van der Waals surface area contributed by atoms with Gasteiger partial charge >= 0.3 is 0 Å². The number of amides is 1. The molecular weight excluding hydrogens is 417 g/mol. The van der Waals surface area contributed by atoms with E-state index < -0.39 is 5.82 Å². The minimum absolute atomic E-state index is 0. The third kappa shape index (κ3) is 4.43. The summed E-state index contributed by atoms with van der Waals surface area (Å²) in [5.41, 5.74) is 2.07. The summed E-state index contributed by atoms with van der Waals surface area (Å²) in [5.74, 6) is 1.11. The Bertz CT molecular complexity index is 1060. The minimum Gasteiger partial charge on any atom is -0.339 e. The summed E-state index contributed by atoms with van der Waals surface area (Å²) in [4.78, 5) is 14.8. The first-order valence-corrected chi connectivity index (χ1v) is 10.8. The average Bonchev–Trinajstić information content (AvgIpc) is 3.45. The number of carbonyl (C=O) groups excluding carboxylic acids is 1. The fraction of sp³-hybridized carbons (Fsp3) is 0.435. The molecule has 1 aromatic carbocycles. The number of nitrogens with one attached hydrogen (secondary N) is 1. The van der Waals surface area contributed by atoms with Crippen LogP contribution in [0.25, 0.3) is 5.65 Å². The monoisotopic (exact) mass is 443 g/mol. The van der Waals surface area contributed by atoms with Crippen LogP contribution in [0.2, 0.25) is 0 Å². The molecular formula is C23H27ClFN5O. The number of fused-ring (bicyclic) bond motifs is 1. The lowest BCUT2D eigenvalue weighted by atomic mass is 9.94. The number of hydrogen-bond acceptors (Lipinski definition) is 4. The number of halogens is 2. The molecule has 164 valence electrons. The number of nitrogens with zero attached hydrogens (tertiary/aromatic N) is 4. The lowest BCUT2D eigenvalue weighted by Crippen LogP contribution is -2.38. The predicted octanol–water partition coefficient (Wildman–Crippen LogP) is 3.46. The van der Waals surface area contributed by atoms with Gasteiger partial charge in [-0.2, -0.15) is 0 Å². The van der Waals surface area contributed by atoms with Crippen LogP contribution in [-0.4, -0.2) is 51.6 Å². The van der Waals surface area contributed by atoms with Gasteiger partial charge in [0, 0.05) is 25.2 Å². The Morgan fingerprint density at radius 3 is 2.74 bits per heavy atom. The summed E-state index contributed by atoms with van der Waals surface area (Å²) >= 11 is 0. The van der Waals surface area contributed by atoms with E-state index in [2.05, 4.69) is 15.5 Å². The van der Waals surface area contributed by atoms with Crippen LogP contribution < -0.4 is 5.32 Å². The summed E-state index contributed by atoms with van der Waals surface area (Å²) < 4.78 is 16.5. The first kappa shape index (κ1) is 21.7. The summed E-state index contributed by atoms with van der Waals surface area (Å²) in [6.07, 6.45) is 5.59. The van der Waals surface area contributed by atoms with Crippen molar-refractivity contribution in [1.29, 1.82) is 0 Å². The Balaban J connectivity index is 0.00000231. The molecule has 1 amide bonds. The largest absolute Gasteiger partial charge is 0.339 e. The molecule has 0 saturated carbocycles. The number of aromatic nitrogens is 3. The van der Waals surface area contributed by atoms with Gasteiger partial charge in [0.2, 0.25) is 0 Å². The van der Waals surface area contributed by atoms with Crippen LogP contribution in [0.3, 0.4) is 0 Å². The van der Waals surface area contributed by atoms with Crippen LogP contribution in [0, 0.1) is 11.7 Å². The molecule has 2 aliphatic heterocycles. The summed E-state index contributed by atoms with van der Waals surface area (Å²) in [6, 6.07) is 10.9. The molecule has 2 aromatic heterocycles. The average molecular weight is 444 g/mol. The molecule has 3 aromatic rings. The number of hydrogen-bond donors (Lipinski definition) is 1. The fourth-order valence-corrected chi connectivity index (χ4v) is 4.73. The van der Waals surface area contributed by atoms with Gasteiger partial charge in [-0.05, 0) is 74.5 Å². The van der Waals surface area contributed by atoms with E-state index in [1.54, 1.807) is 11.0 Å². The quantitative estimate of drug-likeness (QED) is 0.670. The van der Waals surface area contributed by atoms with Crippen LogP contribution in [-0.2, 0) is 6.42 Å². The number of carbonyl (C=O) groups is 1. The second-order valence-electron chi connectivity index (χ2n) is 8.43. The maximum absolute atomic E-state index is 14.5. The zero-order chi connectivity index (χ0) is 20.5. The van der Waals surface area contributed by atoms with Gasteiger partial charge in [-0.15, -0.1) is 22.6 Å². The van der Waals surface area contributed by atoms with E-state index in [1.807, 2.05) is 34.9 Å². The van der Waals surface area contributed by atoms with E-state index >= 15 is 0 Å². The Hall–Kier alpha value is -2.51. The second kappa shape index (κ2) is 9.32. The molecule has 1 unspecified atom stereocenters. The van der Waals surface area contributed by atoms with Crippen LogP contribution >= 0.6 is 12.4 Å². The highest BCUT2D eigenvalue weighted by molar-refractivity contribution is 5.94. The highest BCUT2D eigenvalue weighted by atomic mass is 35.5. The third-order valence-electron chi connectivity index (χ3n) is 6.44. The van der Waals surface area contributed by atoms with Crippen molar-refractivity contribution < 1.29 is 9.18 Å². The van der Waals surface area contributed by atoms with E-state index in [-0.39, 0.29) is 29.8 Å². The number of pyridine rings is 1. The van der Waals surface area contributed by atoms with Crippen molar-refractivity contribution in [3.05, 3.63) is 65.4 Å². The Morgan fingerprint density at radius 1 is 1.13 bits per heavy atom. The summed E-state index contributed by atoms with van der Waals surface area (Å²) in [6.45, 7) is 3.22. The van der Waals surface area contributed by atoms with Crippen LogP contribution in [0.4, 0.5) is 4.39 Å². The van der Waals surface area contributed by atoms with Gasteiger partial charge in [0.1, 0.15) is 11.6 Å². The van der Waals surface area contributed by atoms with Gasteiger partial charge < -0.3 is 10.2 Å². The molecule has 0 spiro atoms. The molecule has 2 saturated heterocycles. The third-order valence-corrected chi connectivity index (χ3v) is 6.44. The molecule has 6 nitrogen and oxygen atoms in total. The fourth-order valence-electron chi connectivity index (χ4n) is 4.73. The second-order valence-corrected chi connectivity index (χ2v) is 8.43.